The number of rotatable bonds is 5. The highest BCUT2D eigenvalue weighted by Crippen LogP contribution is 2.45. The predicted molar refractivity (Wildman–Crippen MR) is 198 cm³/mol. The normalized spacial score (nSPS) is 16.4. The molecule has 0 unspecified atom stereocenters. The lowest BCUT2D eigenvalue weighted by molar-refractivity contribution is -0.000518. The molecule has 11 heteroatoms. The molecule has 6 heterocycles. The highest BCUT2D eigenvalue weighted by Gasteiger charge is 2.45. The predicted octanol–water partition coefficient (Wildman–Crippen LogP) is 7.87. The summed E-state index contributed by atoms with van der Waals surface area (Å²) >= 11 is 1.59. The van der Waals surface area contributed by atoms with Crippen LogP contribution in [0.5, 0.6) is 0 Å². The van der Waals surface area contributed by atoms with Gasteiger partial charge in [0.2, 0.25) is 0 Å². The molecule has 51 heavy (non-hydrogen) atoms. The van der Waals surface area contributed by atoms with Crippen molar-refractivity contribution >= 4 is 51.4 Å². The molecule has 0 atom stereocenters. The topological polar surface area (TPSA) is 103 Å². The molecule has 0 radical (unpaired) electrons. The Morgan fingerprint density at radius 3 is 2.57 bits per heavy atom. The van der Waals surface area contributed by atoms with Gasteiger partial charge in [-0.15, -0.1) is 11.3 Å². The quantitative estimate of drug-likeness (QED) is 0.190. The first kappa shape index (κ1) is 31.6. The number of ether oxygens (including phenoxy) is 1. The van der Waals surface area contributed by atoms with Crippen LogP contribution in [0.3, 0.4) is 0 Å². The van der Waals surface area contributed by atoms with Gasteiger partial charge in [0, 0.05) is 65.6 Å². The van der Waals surface area contributed by atoms with E-state index < -0.39 is 5.82 Å². The van der Waals surface area contributed by atoms with E-state index in [1.165, 1.54) is 12.1 Å². The van der Waals surface area contributed by atoms with Crippen LogP contribution in [0.15, 0.2) is 84.9 Å². The van der Waals surface area contributed by atoms with E-state index in [9.17, 15) is 14.0 Å². The second-order valence-electron chi connectivity index (χ2n) is 13.8. The summed E-state index contributed by atoms with van der Waals surface area (Å²) in [5, 5.41) is 3.00. The largest absolute Gasteiger partial charge is 0.381 e. The Morgan fingerprint density at radius 1 is 0.961 bits per heavy atom. The van der Waals surface area contributed by atoms with Crippen LogP contribution in [-0.2, 0) is 11.2 Å². The van der Waals surface area contributed by atoms with Crippen LogP contribution in [0.2, 0.25) is 0 Å². The lowest BCUT2D eigenvalue weighted by Gasteiger charge is -2.53. The van der Waals surface area contributed by atoms with Crippen molar-refractivity contribution in [3.8, 4) is 21.1 Å². The van der Waals surface area contributed by atoms with E-state index in [2.05, 4.69) is 21.3 Å². The molecule has 0 saturated carbocycles. The molecule has 9 rings (SSSR count). The minimum Gasteiger partial charge on any atom is -0.381 e. The summed E-state index contributed by atoms with van der Waals surface area (Å²) in [5.74, 6) is 0.582. The summed E-state index contributed by atoms with van der Waals surface area (Å²) in [6, 6.07) is 25.2. The number of anilines is 3. The third-order valence-electron chi connectivity index (χ3n) is 10.3. The lowest BCUT2D eigenvalue weighted by atomic mass is 9.73. The van der Waals surface area contributed by atoms with Crippen molar-refractivity contribution in [2.45, 2.75) is 26.2 Å². The zero-order valence-electron chi connectivity index (χ0n) is 28.0. The number of benzene rings is 3. The average molecular weight is 699 g/mol. The molecule has 3 aromatic carbocycles. The minimum atomic E-state index is -0.409. The van der Waals surface area contributed by atoms with Gasteiger partial charge >= 0.3 is 0 Å². The second-order valence-corrected chi connectivity index (χ2v) is 14.8. The van der Waals surface area contributed by atoms with Crippen LogP contribution >= 0.6 is 11.3 Å². The van der Waals surface area contributed by atoms with E-state index in [1.54, 1.807) is 46.6 Å². The number of halogens is 1. The van der Waals surface area contributed by atoms with Crippen molar-refractivity contribution in [2.24, 2.45) is 5.41 Å². The van der Waals surface area contributed by atoms with Crippen LogP contribution in [0.4, 0.5) is 21.6 Å². The standard InChI is InChI=1S/C40H35FN6O3S/c1-24-6-12-30(37(42-24)46-22-40(23-46)15-18-50-19-16-40)38(48)43-28-10-7-25(8-11-28)39(49)47-17-14-26-20-34(36-44-31-4-2-3-5-32(31)45-36)51-35(26)29-13-9-27(41)21-33(29)47/h2-13,20-21H,14-19,22-23H2,1H3,(H,43,48)(H,44,45). The van der Waals surface area contributed by atoms with Gasteiger partial charge in [-0.3, -0.25) is 9.59 Å². The van der Waals surface area contributed by atoms with Gasteiger partial charge in [-0.25, -0.2) is 14.4 Å². The monoisotopic (exact) mass is 698 g/mol. The molecule has 1 spiro atoms. The maximum Gasteiger partial charge on any atom is 0.259 e. The highest BCUT2D eigenvalue weighted by atomic mass is 32.1. The molecule has 3 aliphatic heterocycles. The molecule has 2 N–H and O–H groups in total. The van der Waals surface area contributed by atoms with E-state index in [0.717, 1.165) is 82.6 Å². The second kappa shape index (κ2) is 12.4. The molecule has 0 bridgehead atoms. The van der Waals surface area contributed by atoms with Crippen molar-refractivity contribution in [3.63, 3.8) is 0 Å². The molecule has 2 fully saturated rings. The third kappa shape index (κ3) is 5.76. The Bertz CT molecular complexity index is 2290. The van der Waals surface area contributed by atoms with E-state index in [-0.39, 0.29) is 17.2 Å². The number of para-hydroxylation sites is 2. The van der Waals surface area contributed by atoms with Crippen molar-refractivity contribution in [2.75, 3.05) is 48.0 Å². The number of hydrogen-bond acceptors (Lipinski definition) is 7. The molecular formula is C40H35FN6O3S. The SMILES string of the molecule is Cc1ccc(C(=O)Nc2ccc(C(=O)N3CCc4cc(-c5nc6ccccc6[nH]5)sc4-c4ccc(F)cc43)cc2)c(N2CC3(CCOCC3)C2)n1. The summed E-state index contributed by atoms with van der Waals surface area (Å²) < 4.78 is 20.3. The number of carbonyl (C=O) groups is 2. The van der Waals surface area contributed by atoms with E-state index >= 15 is 0 Å². The van der Waals surface area contributed by atoms with Gasteiger partial charge in [0.15, 0.2) is 0 Å². The van der Waals surface area contributed by atoms with E-state index in [4.69, 9.17) is 14.7 Å². The summed E-state index contributed by atoms with van der Waals surface area (Å²) in [4.78, 5) is 46.4. The first-order valence-corrected chi connectivity index (χ1v) is 18.1. The number of nitrogens with zero attached hydrogens (tertiary/aromatic N) is 4. The summed E-state index contributed by atoms with van der Waals surface area (Å²) in [7, 11) is 0. The van der Waals surface area contributed by atoms with Crippen LogP contribution in [0.1, 0.15) is 44.8 Å². The summed E-state index contributed by atoms with van der Waals surface area (Å²) in [6.45, 7) is 5.60. The maximum atomic E-state index is 14.8. The number of aromatic amines is 1. The Labute approximate surface area is 298 Å². The fraction of sp³-hybridized carbons (Fsp3) is 0.250. The number of aromatic nitrogens is 3. The zero-order chi connectivity index (χ0) is 34.7. The van der Waals surface area contributed by atoms with Crippen molar-refractivity contribution in [3.05, 3.63) is 113 Å². The fourth-order valence-corrected chi connectivity index (χ4v) is 8.75. The molecule has 9 nitrogen and oxygen atoms in total. The van der Waals surface area contributed by atoms with Gasteiger partial charge in [-0.05, 0) is 105 Å². The molecule has 256 valence electrons. The number of H-pyrrole nitrogens is 1. The molecule has 6 aromatic rings. The Morgan fingerprint density at radius 2 is 1.76 bits per heavy atom. The van der Waals surface area contributed by atoms with Gasteiger partial charge in [0.25, 0.3) is 11.8 Å². The number of fused-ring (bicyclic) bond motifs is 4. The highest BCUT2D eigenvalue weighted by molar-refractivity contribution is 7.19. The summed E-state index contributed by atoms with van der Waals surface area (Å²) in [5.41, 5.74) is 6.90. The van der Waals surface area contributed by atoms with Crippen molar-refractivity contribution in [1.82, 2.24) is 15.0 Å². The van der Waals surface area contributed by atoms with Gasteiger partial charge in [-0.1, -0.05) is 12.1 Å². The number of pyridine rings is 1. The number of amides is 2. The number of carbonyl (C=O) groups excluding carboxylic acids is 2. The number of aryl methyl sites for hydroxylation is 1. The lowest BCUT2D eigenvalue weighted by Crippen LogP contribution is -2.59. The molecule has 3 aromatic heterocycles. The van der Waals surface area contributed by atoms with Gasteiger partial charge < -0.3 is 24.8 Å². The third-order valence-corrected chi connectivity index (χ3v) is 11.5. The summed E-state index contributed by atoms with van der Waals surface area (Å²) in [6.07, 6.45) is 2.65. The van der Waals surface area contributed by atoms with Gasteiger partial charge in [-0.2, -0.15) is 0 Å². The van der Waals surface area contributed by atoms with E-state index in [1.807, 2.05) is 43.3 Å². The van der Waals surface area contributed by atoms with Crippen molar-refractivity contribution < 1.29 is 18.7 Å². The number of hydrogen-bond donors (Lipinski definition) is 2. The number of thiophene rings is 1. The maximum absolute atomic E-state index is 14.8. The smallest absolute Gasteiger partial charge is 0.259 e. The van der Waals surface area contributed by atoms with E-state index in [0.29, 0.717) is 41.3 Å². The first-order chi connectivity index (χ1) is 24.8. The first-order valence-electron chi connectivity index (χ1n) is 17.2. The molecule has 2 saturated heterocycles. The fourth-order valence-electron chi connectivity index (χ4n) is 7.56. The molecule has 0 aliphatic carbocycles. The number of nitrogens with one attached hydrogen (secondary N) is 2. The van der Waals surface area contributed by atoms with Crippen LogP contribution in [0.25, 0.3) is 32.2 Å². The molecular weight excluding hydrogens is 664 g/mol. The van der Waals surface area contributed by atoms with Crippen molar-refractivity contribution in [1.29, 1.82) is 0 Å². The Balaban J connectivity index is 0.938. The van der Waals surface area contributed by atoms with Crippen LogP contribution in [0, 0.1) is 18.2 Å². The van der Waals surface area contributed by atoms with Gasteiger partial charge in [0.1, 0.15) is 17.5 Å². The molecule has 2 amide bonds. The Kier molecular flexibility index (Phi) is 7.70. The van der Waals surface area contributed by atoms with Gasteiger partial charge in [0.05, 0.1) is 27.2 Å². The Hall–Kier alpha value is -5.39. The molecule has 3 aliphatic rings. The zero-order valence-corrected chi connectivity index (χ0v) is 28.9. The van der Waals surface area contributed by atoms with Crippen LogP contribution < -0.4 is 15.1 Å². The van der Waals surface area contributed by atoms with Crippen LogP contribution in [-0.4, -0.2) is 59.6 Å². The minimum absolute atomic E-state index is 0.239. The average Bonchev–Trinajstić information content (AvgIpc) is 3.73. The number of imidazole rings is 1.